The van der Waals surface area contributed by atoms with Crippen LogP contribution in [0.5, 0.6) is 0 Å². The molecule has 0 amide bonds. The third-order valence-corrected chi connectivity index (χ3v) is 1.76. The van der Waals surface area contributed by atoms with Gasteiger partial charge in [0.15, 0.2) is 0 Å². The molecule has 0 aromatic heterocycles. The Kier molecular flexibility index (Phi) is 2.98. The molecule has 0 saturated carbocycles. The van der Waals surface area contributed by atoms with E-state index >= 15 is 0 Å². The molecule has 1 aromatic rings. The van der Waals surface area contributed by atoms with E-state index in [1.807, 2.05) is 0 Å². The van der Waals surface area contributed by atoms with Gasteiger partial charge in [-0.25, -0.2) is 0 Å². The summed E-state index contributed by atoms with van der Waals surface area (Å²) < 4.78 is 36.7. The van der Waals surface area contributed by atoms with Gasteiger partial charge in [-0.15, -0.1) is 5.46 Å². The second kappa shape index (κ2) is 3.83. The van der Waals surface area contributed by atoms with Crippen molar-refractivity contribution in [2.45, 2.75) is 6.42 Å². The van der Waals surface area contributed by atoms with Crippen molar-refractivity contribution in [3.05, 3.63) is 29.8 Å². The van der Waals surface area contributed by atoms with Gasteiger partial charge in [-0.2, -0.15) is 0 Å². The molecule has 0 saturated heterocycles. The van der Waals surface area contributed by atoms with Crippen molar-refractivity contribution in [2.75, 3.05) is 6.54 Å². The van der Waals surface area contributed by atoms with Gasteiger partial charge in [-0.05, 0) is 18.5 Å². The Morgan fingerprint density at radius 3 is 2.46 bits per heavy atom. The largest absolute Gasteiger partial charge is 0.509 e. The zero-order valence-electron chi connectivity index (χ0n) is 7.01. The van der Waals surface area contributed by atoms with Crippen LogP contribution in [-0.4, -0.2) is 13.5 Å². The lowest BCUT2D eigenvalue weighted by Gasteiger charge is -2.15. The van der Waals surface area contributed by atoms with Gasteiger partial charge in [0, 0.05) is 0 Å². The van der Waals surface area contributed by atoms with Crippen LogP contribution >= 0.6 is 0 Å². The van der Waals surface area contributed by atoms with E-state index in [2.05, 4.69) is 0 Å². The second-order valence-corrected chi connectivity index (χ2v) is 2.86. The van der Waals surface area contributed by atoms with E-state index in [4.69, 9.17) is 5.73 Å². The van der Waals surface area contributed by atoms with Crippen molar-refractivity contribution in [1.82, 2.24) is 0 Å². The molecule has 13 heavy (non-hydrogen) atoms. The normalized spacial score (nSPS) is 11.7. The average molecular weight is 188 g/mol. The lowest BCUT2D eigenvalue weighted by Crippen LogP contribution is -2.34. The van der Waals surface area contributed by atoms with E-state index in [9.17, 15) is 12.9 Å². The molecule has 0 fully saturated rings. The summed E-state index contributed by atoms with van der Waals surface area (Å²) >= 11 is 0. The van der Waals surface area contributed by atoms with Crippen LogP contribution in [0.1, 0.15) is 5.56 Å². The third kappa shape index (κ3) is 2.77. The first-order chi connectivity index (χ1) is 6.04. The molecule has 1 aromatic carbocycles. The van der Waals surface area contributed by atoms with Crippen LogP contribution < -0.4 is 11.2 Å². The molecule has 0 heterocycles. The first-order valence-corrected chi connectivity index (χ1v) is 4.03. The van der Waals surface area contributed by atoms with Gasteiger partial charge in [-0.1, -0.05) is 24.3 Å². The molecule has 0 aliphatic heterocycles. The second-order valence-electron chi connectivity index (χ2n) is 2.86. The van der Waals surface area contributed by atoms with Gasteiger partial charge in [0.1, 0.15) is 0 Å². The van der Waals surface area contributed by atoms with Crippen LogP contribution in [0.2, 0.25) is 0 Å². The Balaban J connectivity index is 2.92. The van der Waals surface area contributed by atoms with Crippen LogP contribution in [-0.2, 0) is 6.42 Å². The molecule has 0 aliphatic rings. The smallest absolute Gasteiger partial charge is 0.445 e. The molecule has 0 radical (unpaired) electrons. The summed E-state index contributed by atoms with van der Waals surface area (Å²) in [5.41, 5.74) is 5.33. The number of hydrogen-bond donors (Lipinski definition) is 1. The van der Waals surface area contributed by atoms with Crippen LogP contribution in [0.3, 0.4) is 0 Å². The van der Waals surface area contributed by atoms with Crippen LogP contribution in [0.25, 0.3) is 0 Å². The fourth-order valence-corrected chi connectivity index (χ4v) is 1.12. The number of nitrogens with two attached hydrogens (primary N) is 1. The lowest BCUT2D eigenvalue weighted by atomic mass is 9.79. The zero-order chi connectivity index (χ0) is 9.90. The Hall–Kier alpha value is -0.965. The summed E-state index contributed by atoms with van der Waals surface area (Å²) in [6, 6.07) is 5.31. The topological polar surface area (TPSA) is 26.0 Å². The molecule has 2 N–H and O–H groups in total. The maximum atomic E-state index is 12.2. The van der Waals surface area contributed by atoms with E-state index in [-0.39, 0.29) is 0 Å². The van der Waals surface area contributed by atoms with E-state index < -0.39 is 12.4 Å². The summed E-state index contributed by atoms with van der Waals surface area (Å²) in [6.07, 6.45) is 0.486. The van der Waals surface area contributed by atoms with E-state index in [0.717, 1.165) is 12.1 Å². The van der Waals surface area contributed by atoms with Crippen LogP contribution in [0, 0.1) is 0 Å². The molecule has 5 heteroatoms. The predicted molar refractivity (Wildman–Crippen MR) is 47.9 cm³/mol. The minimum Gasteiger partial charge on any atom is -0.445 e. The Morgan fingerprint density at radius 1 is 1.23 bits per heavy atom. The minimum atomic E-state index is -4.88. The highest BCUT2D eigenvalue weighted by molar-refractivity contribution is 6.73. The maximum Gasteiger partial charge on any atom is 0.509 e. The van der Waals surface area contributed by atoms with Gasteiger partial charge in [0.2, 0.25) is 0 Å². The van der Waals surface area contributed by atoms with E-state index in [1.165, 1.54) is 6.07 Å². The van der Waals surface area contributed by atoms with Crippen LogP contribution in [0.15, 0.2) is 24.3 Å². The Bertz CT molecular complexity index is 285. The standard InChI is InChI=1S/C8H10BF3N/c10-9(11,12)8-3-1-2-7(6-8)4-5-13/h1-3,6H,4-5,13H2/q-1. The average Bonchev–Trinajstić information content (AvgIpc) is 2.04. The summed E-state index contributed by atoms with van der Waals surface area (Å²) in [7, 11) is 0. The Labute approximate surface area is 74.8 Å². The molecule has 72 valence electrons. The molecule has 0 atom stereocenters. The molecule has 0 unspecified atom stereocenters. The first-order valence-electron chi connectivity index (χ1n) is 4.03. The molecule has 0 spiro atoms. The lowest BCUT2D eigenvalue weighted by molar-refractivity contribution is 0.501. The monoisotopic (exact) mass is 188 g/mol. The van der Waals surface area contributed by atoms with Crippen molar-refractivity contribution in [1.29, 1.82) is 0 Å². The fraction of sp³-hybridized carbons (Fsp3) is 0.250. The van der Waals surface area contributed by atoms with Gasteiger partial charge in [0.25, 0.3) is 0 Å². The number of rotatable bonds is 3. The first kappa shape index (κ1) is 10.1. The van der Waals surface area contributed by atoms with E-state index in [0.29, 0.717) is 18.5 Å². The van der Waals surface area contributed by atoms with Gasteiger partial charge in [0.05, 0.1) is 0 Å². The number of hydrogen-bond acceptors (Lipinski definition) is 1. The molecule has 0 bridgehead atoms. The van der Waals surface area contributed by atoms with Crippen molar-refractivity contribution in [2.24, 2.45) is 5.73 Å². The summed E-state index contributed by atoms with van der Waals surface area (Å²) in [6.45, 7) is -4.51. The van der Waals surface area contributed by atoms with Gasteiger partial charge in [-0.3, -0.25) is 0 Å². The molecule has 1 rings (SSSR count). The van der Waals surface area contributed by atoms with Crippen molar-refractivity contribution in [3.63, 3.8) is 0 Å². The van der Waals surface area contributed by atoms with Crippen LogP contribution in [0.4, 0.5) is 12.9 Å². The van der Waals surface area contributed by atoms with E-state index in [1.54, 1.807) is 6.07 Å². The van der Waals surface area contributed by atoms with Crippen molar-refractivity contribution >= 4 is 12.4 Å². The molecule has 1 nitrogen and oxygen atoms in total. The SMILES string of the molecule is NCCc1cccc([B-](F)(F)F)c1. The Morgan fingerprint density at radius 2 is 1.92 bits per heavy atom. The summed E-state index contributed by atoms with van der Waals surface area (Å²) in [5, 5.41) is 0. The molecular weight excluding hydrogens is 178 g/mol. The predicted octanol–water partition coefficient (Wildman–Crippen LogP) is 1.24. The summed E-state index contributed by atoms with van der Waals surface area (Å²) in [5.74, 6) is 0. The highest BCUT2D eigenvalue weighted by Gasteiger charge is 2.25. The third-order valence-electron chi connectivity index (χ3n) is 1.76. The number of benzene rings is 1. The quantitative estimate of drug-likeness (QED) is 0.709. The summed E-state index contributed by atoms with van der Waals surface area (Å²) in [4.78, 5) is 0. The van der Waals surface area contributed by atoms with Gasteiger partial charge < -0.3 is 18.7 Å². The number of halogens is 3. The van der Waals surface area contributed by atoms with Gasteiger partial charge >= 0.3 is 6.98 Å². The minimum absolute atomic E-state index is 0.369. The molecular formula is C8H10BF3N-. The zero-order valence-corrected chi connectivity index (χ0v) is 7.01. The van der Waals surface area contributed by atoms with Crippen molar-refractivity contribution < 1.29 is 12.9 Å². The molecule has 0 aliphatic carbocycles. The highest BCUT2D eigenvalue weighted by Crippen LogP contribution is 2.10. The fourth-order valence-electron chi connectivity index (χ4n) is 1.12. The van der Waals surface area contributed by atoms with Crippen molar-refractivity contribution in [3.8, 4) is 0 Å². The highest BCUT2D eigenvalue weighted by atomic mass is 19.4. The maximum absolute atomic E-state index is 12.2.